The van der Waals surface area contributed by atoms with Crippen LogP contribution in [0.3, 0.4) is 0 Å². The molecule has 0 radical (unpaired) electrons. The van der Waals surface area contributed by atoms with Crippen molar-refractivity contribution in [2.45, 2.75) is 0 Å². The lowest BCUT2D eigenvalue weighted by Gasteiger charge is -2.30. The number of aromatic amines is 1. The van der Waals surface area contributed by atoms with Crippen molar-refractivity contribution in [2.75, 3.05) is 52.4 Å². The molecule has 1 aliphatic rings. The Hall–Kier alpha value is -3.22. The molecule has 0 atom stereocenters. The first kappa shape index (κ1) is 19.5. The Bertz CT molecular complexity index is 831. The van der Waals surface area contributed by atoms with E-state index in [1.807, 2.05) is 35.4 Å². The molecule has 7 heteroatoms. The van der Waals surface area contributed by atoms with Gasteiger partial charge in [0.25, 0.3) is 5.82 Å². The van der Waals surface area contributed by atoms with Crippen molar-refractivity contribution in [1.82, 2.24) is 4.90 Å². The van der Waals surface area contributed by atoms with Crippen LogP contribution in [-0.4, -0.2) is 58.3 Å². The standard InChI is InChI=1S/C21H25N3O4/c1-26-17-9-7-16(20(27-2)21(17)28-3)8-10-19(25)24-14-12-23(13-15-24)18-6-4-5-11-22-18/h4-11H,12-15H2,1-3H3/p+1/b10-8+. The molecule has 1 aromatic heterocycles. The third-order valence-electron chi connectivity index (χ3n) is 4.76. The number of rotatable bonds is 6. The fourth-order valence-corrected chi connectivity index (χ4v) is 3.27. The SMILES string of the molecule is COc1ccc(/C=C/C(=O)N2CCN(c3cccc[nH+]3)CC2)c(OC)c1OC. The van der Waals surface area contributed by atoms with Crippen LogP contribution in [0.1, 0.15) is 5.56 Å². The number of H-pyrrole nitrogens is 1. The molecule has 2 heterocycles. The number of piperazine rings is 1. The molecule has 148 valence electrons. The highest BCUT2D eigenvalue weighted by molar-refractivity contribution is 5.92. The Kier molecular flexibility index (Phi) is 6.37. The van der Waals surface area contributed by atoms with Gasteiger partial charge in [-0.05, 0) is 24.3 Å². The van der Waals surface area contributed by atoms with E-state index in [4.69, 9.17) is 14.2 Å². The van der Waals surface area contributed by atoms with E-state index in [2.05, 4.69) is 9.88 Å². The summed E-state index contributed by atoms with van der Waals surface area (Å²) in [5, 5.41) is 0. The summed E-state index contributed by atoms with van der Waals surface area (Å²) in [7, 11) is 4.70. The van der Waals surface area contributed by atoms with Gasteiger partial charge in [0.2, 0.25) is 11.7 Å². The van der Waals surface area contributed by atoms with Crippen LogP contribution in [0, 0.1) is 0 Å². The topological polar surface area (TPSA) is 65.4 Å². The van der Waals surface area contributed by atoms with E-state index in [9.17, 15) is 4.79 Å². The molecule has 1 saturated heterocycles. The zero-order valence-corrected chi connectivity index (χ0v) is 16.5. The number of ether oxygens (including phenoxy) is 3. The van der Waals surface area contributed by atoms with Crippen LogP contribution in [0.15, 0.2) is 42.6 Å². The number of pyridine rings is 1. The largest absolute Gasteiger partial charge is 0.493 e. The van der Waals surface area contributed by atoms with Crippen LogP contribution in [0.4, 0.5) is 5.82 Å². The number of hydrogen-bond acceptors (Lipinski definition) is 5. The minimum absolute atomic E-state index is 0.0199. The van der Waals surface area contributed by atoms with Gasteiger partial charge in [0.05, 0.1) is 40.6 Å². The Morgan fingerprint density at radius 1 is 0.964 bits per heavy atom. The quantitative estimate of drug-likeness (QED) is 0.712. The zero-order chi connectivity index (χ0) is 19.9. The molecule has 1 fully saturated rings. The van der Waals surface area contributed by atoms with Gasteiger partial charge in [-0.1, -0.05) is 6.07 Å². The van der Waals surface area contributed by atoms with E-state index in [0.29, 0.717) is 30.3 Å². The van der Waals surface area contributed by atoms with Gasteiger partial charge in [-0.15, -0.1) is 0 Å². The predicted molar refractivity (Wildman–Crippen MR) is 107 cm³/mol. The van der Waals surface area contributed by atoms with Crippen LogP contribution in [0.2, 0.25) is 0 Å². The maximum Gasteiger partial charge on any atom is 0.274 e. The minimum atomic E-state index is -0.0199. The van der Waals surface area contributed by atoms with Gasteiger partial charge in [-0.25, -0.2) is 4.98 Å². The fraction of sp³-hybridized carbons (Fsp3) is 0.333. The lowest BCUT2D eigenvalue weighted by Crippen LogP contribution is -2.49. The molecule has 3 rings (SSSR count). The molecule has 7 nitrogen and oxygen atoms in total. The number of amides is 1. The van der Waals surface area contributed by atoms with E-state index in [1.165, 1.54) is 0 Å². The first-order valence-electron chi connectivity index (χ1n) is 9.15. The summed E-state index contributed by atoms with van der Waals surface area (Å²) in [5.74, 6) is 2.67. The second kappa shape index (κ2) is 9.12. The molecular weight excluding hydrogens is 358 g/mol. The average molecular weight is 384 g/mol. The second-order valence-corrected chi connectivity index (χ2v) is 6.32. The Labute approximate surface area is 165 Å². The Morgan fingerprint density at radius 2 is 1.71 bits per heavy atom. The van der Waals surface area contributed by atoms with Crippen molar-refractivity contribution in [3.8, 4) is 17.2 Å². The molecule has 0 saturated carbocycles. The van der Waals surface area contributed by atoms with Crippen molar-refractivity contribution in [3.63, 3.8) is 0 Å². The summed E-state index contributed by atoms with van der Waals surface area (Å²) in [6.07, 6.45) is 5.24. The summed E-state index contributed by atoms with van der Waals surface area (Å²) in [4.78, 5) is 19.9. The van der Waals surface area contributed by atoms with Crippen molar-refractivity contribution in [3.05, 3.63) is 48.2 Å². The molecular formula is C21H26N3O4+. The van der Waals surface area contributed by atoms with Gasteiger partial charge < -0.3 is 19.1 Å². The molecule has 0 aliphatic carbocycles. The number of nitrogens with one attached hydrogen (secondary N) is 1. The van der Waals surface area contributed by atoms with Gasteiger partial charge in [0.1, 0.15) is 13.1 Å². The van der Waals surface area contributed by atoms with Crippen LogP contribution < -0.4 is 24.1 Å². The summed E-state index contributed by atoms with van der Waals surface area (Å²) < 4.78 is 16.1. The number of aromatic nitrogens is 1. The highest BCUT2D eigenvalue weighted by Gasteiger charge is 2.25. The van der Waals surface area contributed by atoms with Gasteiger partial charge in [0.15, 0.2) is 11.5 Å². The van der Waals surface area contributed by atoms with Crippen LogP contribution in [0.5, 0.6) is 17.2 Å². The van der Waals surface area contributed by atoms with Crippen LogP contribution in [0.25, 0.3) is 6.08 Å². The van der Waals surface area contributed by atoms with Crippen LogP contribution in [-0.2, 0) is 4.79 Å². The van der Waals surface area contributed by atoms with Crippen molar-refractivity contribution in [1.29, 1.82) is 0 Å². The molecule has 1 aliphatic heterocycles. The van der Waals surface area contributed by atoms with E-state index in [-0.39, 0.29) is 5.91 Å². The van der Waals surface area contributed by atoms with Gasteiger partial charge in [-0.2, -0.15) is 0 Å². The number of carbonyl (C=O) groups excluding carboxylic acids is 1. The minimum Gasteiger partial charge on any atom is -0.493 e. The summed E-state index contributed by atoms with van der Waals surface area (Å²) in [6.45, 7) is 2.93. The normalized spacial score (nSPS) is 14.2. The van der Waals surface area contributed by atoms with Crippen molar-refractivity contribution >= 4 is 17.8 Å². The molecule has 2 aromatic rings. The molecule has 0 unspecified atom stereocenters. The Morgan fingerprint density at radius 3 is 2.32 bits per heavy atom. The second-order valence-electron chi connectivity index (χ2n) is 6.32. The average Bonchev–Trinajstić information content (AvgIpc) is 2.77. The van der Waals surface area contributed by atoms with E-state index in [0.717, 1.165) is 24.5 Å². The van der Waals surface area contributed by atoms with Gasteiger partial charge in [0, 0.05) is 17.7 Å². The molecule has 1 N–H and O–H groups in total. The molecule has 28 heavy (non-hydrogen) atoms. The third kappa shape index (κ3) is 4.19. The van der Waals surface area contributed by atoms with Gasteiger partial charge >= 0.3 is 0 Å². The predicted octanol–water partition coefficient (Wildman–Crippen LogP) is 1.89. The van der Waals surface area contributed by atoms with Crippen LogP contribution >= 0.6 is 0 Å². The van der Waals surface area contributed by atoms with E-state index in [1.54, 1.807) is 39.5 Å². The van der Waals surface area contributed by atoms with Crippen molar-refractivity contribution in [2.24, 2.45) is 0 Å². The smallest absolute Gasteiger partial charge is 0.274 e. The lowest BCUT2D eigenvalue weighted by atomic mass is 10.1. The summed E-state index contributed by atoms with van der Waals surface area (Å²) in [6, 6.07) is 9.63. The van der Waals surface area contributed by atoms with Gasteiger partial charge in [-0.3, -0.25) is 9.69 Å². The monoisotopic (exact) mass is 384 g/mol. The van der Waals surface area contributed by atoms with Crippen molar-refractivity contribution < 1.29 is 24.0 Å². The maximum atomic E-state index is 12.6. The lowest BCUT2D eigenvalue weighted by molar-refractivity contribution is -0.364. The number of carbonyl (C=O) groups is 1. The summed E-state index contributed by atoms with van der Waals surface area (Å²) >= 11 is 0. The molecule has 0 bridgehead atoms. The number of hydrogen-bond donors (Lipinski definition) is 0. The highest BCUT2D eigenvalue weighted by Crippen LogP contribution is 2.40. The number of methoxy groups -OCH3 is 3. The number of benzene rings is 1. The third-order valence-corrected chi connectivity index (χ3v) is 4.76. The highest BCUT2D eigenvalue weighted by atomic mass is 16.5. The Balaban J connectivity index is 1.66. The summed E-state index contributed by atoms with van der Waals surface area (Å²) in [5.41, 5.74) is 0.756. The molecule has 1 aromatic carbocycles. The first-order valence-corrected chi connectivity index (χ1v) is 9.15. The number of anilines is 1. The van der Waals surface area contributed by atoms with E-state index >= 15 is 0 Å². The number of nitrogens with zero attached hydrogens (tertiary/aromatic N) is 2. The maximum absolute atomic E-state index is 12.6. The zero-order valence-electron chi connectivity index (χ0n) is 16.5. The fourth-order valence-electron chi connectivity index (χ4n) is 3.27. The molecule has 1 amide bonds. The first-order chi connectivity index (χ1) is 13.7. The molecule has 0 spiro atoms. The van der Waals surface area contributed by atoms with E-state index < -0.39 is 0 Å².